The second-order valence-electron chi connectivity index (χ2n) is 9.51. The Morgan fingerprint density at radius 1 is 1.19 bits per heavy atom. The predicted octanol–water partition coefficient (Wildman–Crippen LogP) is 5.33. The van der Waals surface area contributed by atoms with Crippen LogP contribution in [0.5, 0.6) is 5.75 Å². The molecule has 5 aromatic rings. The molecule has 8 nitrogen and oxygen atoms in total. The summed E-state index contributed by atoms with van der Waals surface area (Å²) in [4.78, 5) is 30.7. The number of aromatic nitrogens is 3. The molecule has 2 unspecified atom stereocenters. The predicted molar refractivity (Wildman–Crippen MR) is 142 cm³/mol. The summed E-state index contributed by atoms with van der Waals surface area (Å²) in [5.41, 5.74) is 1.94. The molecule has 0 saturated heterocycles. The molecule has 0 radical (unpaired) electrons. The summed E-state index contributed by atoms with van der Waals surface area (Å²) in [6.07, 6.45) is 4.78. The summed E-state index contributed by atoms with van der Waals surface area (Å²) < 4.78 is 12.9. The van der Waals surface area contributed by atoms with Gasteiger partial charge in [0.25, 0.3) is 11.5 Å². The first-order valence-electron chi connectivity index (χ1n) is 12.4. The number of hydrogen-bond acceptors (Lipinski definition) is 6. The molecule has 1 N–H and O–H groups in total. The lowest BCUT2D eigenvalue weighted by atomic mass is 9.90. The first kappa shape index (κ1) is 23.5. The maximum absolute atomic E-state index is 13.6. The van der Waals surface area contributed by atoms with Crippen LogP contribution in [0.15, 0.2) is 64.0 Å². The number of carbonyl (C=O) groups excluding carboxylic acids is 1. The number of pyridine rings is 2. The van der Waals surface area contributed by atoms with Crippen molar-refractivity contribution in [1.82, 2.24) is 20.0 Å². The second kappa shape index (κ2) is 9.52. The highest BCUT2D eigenvalue weighted by Crippen LogP contribution is 2.35. The number of ether oxygens (including phenoxy) is 1. The molecule has 3 aromatic heterocycles. The highest BCUT2D eigenvalue weighted by molar-refractivity contribution is 6.37. The minimum Gasteiger partial charge on any atom is -0.482 e. The van der Waals surface area contributed by atoms with Crippen molar-refractivity contribution in [2.24, 2.45) is 0 Å². The highest BCUT2D eigenvalue weighted by atomic mass is 35.5. The minimum absolute atomic E-state index is 0.0787. The Bertz CT molecular complexity index is 1710. The van der Waals surface area contributed by atoms with Crippen molar-refractivity contribution >= 4 is 50.2 Å². The number of fused-ring (bicyclic) bond motifs is 4. The van der Waals surface area contributed by atoms with Gasteiger partial charge in [0.05, 0.1) is 22.3 Å². The summed E-state index contributed by atoms with van der Waals surface area (Å²) in [5, 5.41) is 9.84. The Hall–Kier alpha value is -3.91. The standard InChI is InChI=1S/C28H25ClN4O4/c1-16-25-27(32-37-16)26-21(29)9-5-11-23(26)33(28(25)35)19-8-4-7-18(13-19)31-24(34)15-36-20-12-17-6-2-3-10-22(17)30-14-20/h2-3,5-6,9-12,14,18-19H,4,7-8,13,15H2,1H3,(H,31,34). The molecule has 1 saturated carbocycles. The zero-order chi connectivity index (χ0) is 25.5. The van der Waals surface area contributed by atoms with E-state index in [1.165, 1.54) is 0 Å². The fourth-order valence-corrected chi connectivity index (χ4v) is 5.67. The number of rotatable bonds is 5. The lowest BCUT2D eigenvalue weighted by Crippen LogP contribution is -2.42. The molecule has 188 valence electrons. The van der Waals surface area contributed by atoms with E-state index in [0.29, 0.717) is 39.2 Å². The second-order valence-corrected chi connectivity index (χ2v) is 9.92. The van der Waals surface area contributed by atoms with Gasteiger partial charge in [0.1, 0.15) is 22.4 Å². The number of halogens is 1. The minimum atomic E-state index is -0.204. The van der Waals surface area contributed by atoms with Gasteiger partial charge >= 0.3 is 0 Å². The van der Waals surface area contributed by atoms with Crippen molar-refractivity contribution in [2.45, 2.75) is 44.7 Å². The van der Waals surface area contributed by atoms with Crippen LogP contribution >= 0.6 is 11.6 Å². The molecule has 1 fully saturated rings. The smallest absolute Gasteiger partial charge is 0.264 e. The summed E-state index contributed by atoms with van der Waals surface area (Å²) in [5.74, 6) is 0.809. The van der Waals surface area contributed by atoms with E-state index in [0.717, 1.165) is 35.7 Å². The van der Waals surface area contributed by atoms with Crippen LogP contribution in [-0.2, 0) is 4.79 Å². The van der Waals surface area contributed by atoms with Gasteiger partial charge in [0, 0.05) is 22.9 Å². The van der Waals surface area contributed by atoms with E-state index >= 15 is 0 Å². The fourth-order valence-electron chi connectivity index (χ4n) is 5.41. The summed E-state index contributed by atoms with van der Waals surface area (Å²) in [7, 11) is 0. The zero-order valence-electron chi connectivity index (χ0n) is 20.2. The third kappa shape index (κ3) is 4.31. The molecule has 37 heavy (non-hydrogen) atoms. The zero-order valence-corrected chi connectivity index (χ0v) is 21.0. The number of nitrogens with zero attached hydrogens (tertiary/aromatic N) is 3. The molecule has 1 aliphatic carbocycles. The van der Waals surface area contributed by atoms with Crippen LogP contribution in [0.2, 0.25) is 5.02 Å². The van der Waals surface area contributed by atoms with Crippen molar-refractivity contribution in [3.63, 3.8) is 0 Å². The van der Waals surface area contributed by atoms with Crippen LogP contribution in [0.25, 0.3) is 32.7 Å². The summed E-state index contributed by atoms with van der Waals surface area (Å²) >= 11 is 6.55. The van der Waals surface area contributed by atoms with Crippen LogP contribution in [0.4, 0.5) is 0 Å². The van der Waals surface area contributed by atoms with Crippen LogP contribution < -0.4 is 15.6 Å². The van der Waals surface area contributed by atoms with Crippen molar-refractivity contribution in [2.75, 3.05) is 6.61 Å². The van der Waals surface area contributed by atoms with Gasteiger partial charge in [-0.3, -0.25) is 14.6 Å². The quantitative estimate of drug-likeness (QED) is 0.339. The van der Waals surface area contributed by atoms with E-state index in [9.17, 15) is 9.59 Å². The number of benzene rings is 2. The van der Waals surface area contributed by atoms with E-state index in [2.05, 4.69) is 15.5 Å². The van der Waals surface area contributed by atoms with Crippen LogP contribution in [0.1, 0.15) is 37.5 Å². The molecule has 6 rings (SSSR count). The third-order valence-electron chi connectivity index (χ3n) is 7.10. The number of carbonyl (C=O) groups is 1. The Morgan fingerprint density at radius 2 is 2.05 bits per heavy atom. The number of amides is 1. The lowest BCUT2D eigenvalue weighted by Gasteiger charge is -2.32. The van der Waals surface area contributed by atoms with Crippen molar-refractivity contribution < 1.29 is 14.1 Å². The van der Waals surface area contributed by atoms with Gasteiger partial charge in [-0.2, -0.15) is 0 Å². The van der Waals surface area contributed by atoms with Crippen LogP contribution in [-0.4, -0.2) is 33.3 Å². The number of hydrogen-bond donors (Lipinski definition) is 1. The fraction of sp³-hybridized carbons (Fsp3) is 0.286. The van der Waals surface area contributed by atoms with Crippen LogP contribution in [0, 0.1) is 6.92 Å². The molecular formula is C28H25ClN4O4. The molecule has 1 aliphatic rings. The largest absolute Gasteiger partial charge is 0.482 e. The molecule has 1 amide bonds. The number of nitrogens with one attached hydrogen (secondary N) is 1. The maximum atomic E-state index is 13.6. The molecule has 9 heteroatoms. The maximum Gasteiger partial charge on any atom is 0.264 e. The summed E-state index contributed by atoms with van der Waals surface area (Å²) in [6.45, 7) is 1.63. The molecule has 2 atom stereocenters. The first-order valence-corrected chi connectivity index (χ1v) is 12.7. The molecule has 0 aliphatic heterocycles. The number of aryl methyl sites for hydroxylation is 1. The monoisotopic (exact) mass is 516 g/mol. The third-order valence-corrected chi connectivity index (χ3v) is 7.41. The van der Waals surface area contributed by atoms with Gasteiger partial charge in [-0.25, -0.2) is 0 Å². The van der Waals surface area contributed by atoms with E-state index in [1.54, 1.807) is 19.2 Å². The van der Waals surface area contributed by atoms with Gasteiger partial charge in [-0.15, -0.1) is 0 Å². The average Bonchev–Trinajstić information content (AvgIpc) is 3.29. The SMILES string of the molecule is Cc1onc2c1c(=O)n(C1CCCC(NC(=O)COc3cnc4ccccc4c3)C1)c1cccc(Cl)c21. The van der Waals surface area contributed by atoms with Gasteiger partial charge in [-0.1, -0.05) is 41.0 Å². The van der Waals surface area contributed by atoms with Gasteiger partial charge < -0.3 is 19.1 Å². The van der Waals surface area contributed by atoms with Gasteiger partial charge in [0.2, 0.25) is 0 Å². The first-order chi connectivity index (χ1) is 18.0. The Labute approximate surface area is 217 Å². The van der Waals surface area contributed by atoms with Gasteiger partial charge in [-0.05, 0) is 56.9 Å². The van der Waals surface area contributed by atoms with Crippen LogP contribution in [0.3, 0.4) is 0 Å². The molecular weight excluding hydrogens is 492 g/mol. The Balaban J connectivity index is 1.21. The van der Waals surface area contributed by atoms with E-state index in [-0.39, 0.29) is 30.2 Å². The normalized spacial score (nSPS) is 17.9. The topological polar surface area (TPSA) is 99.2 Å². The van der Waals surface area contributed by atoms with Gasteiger partial charge in [0.15, 0.2) is 6.61 Å². The van der Waals surface area contributed by atoms with E-state index in [1.807, 2.05) is 47.0 Å². The Morgan fingerprint density at radius 3 is 2.95 bits per heavy atom. The molecule has 0 spiro atoms. The Kier molecular flexibility index (Phi) is 6.04. The average molecular weight is 517 g/mol. The molecule has 3 heterocycles. The molecule has 2 aromatic carbocycles. The van der Waals surface area contributed by atoms with E-state index < -0.39 is 0 Å². The van der Waals surface area contributed by atoms with Crippen molar-refractivity contribution in [3.05, 3.63) is 75.9 Å². The van der Waals surface area contributed by atoms with Crippen molar-refractivity contribution in [1.29, 1.82) is 0 Å². The molecule has 0 bridgehead atoms. The lowest BCUT2D eigenvalue weighted by molar-refractivity contribution is -0.124. The van der Waals surface area contributed by atoms with Crippen molar-refractivity contribution in [3.8, 4) is 5.75 Å². The van der Waals surface area contributed by atoms with E-state index in [4.69, 9.17) is 20.9 Å². The highest BCUT2D eigenvalue weighted by Gasteiger charge is 2.28. The number of para-hydroxylation sites is 1. The summed E-state index contributed by atoms with van der Waals surface area (Å²) in [6, 6.07) is 14.9.